The second kappa shape index (κ2) is 5.35. The fourth-order valence-electron chi connectivity index (χ4n) is 2.27. The second-order valence-electron chi connectivity index (χ2n) is 5.13. The molecule has 0 aromatic heterocycles. The van der Waals surface area contributed by atoms with Gasteiger partial charge in [0.2, 0.25) is 5.91 Å². The second-order valence-corrected chi connectivity index (χ2v) is 5.13. The maximum absolute atomic E-state index is 11.5. The minimum atomic E-state index is 0.323. The van der Waals surface area contributed by atoms with Crippen LogP contribution in [-0.2, 0) is 11.2 Å². The first kappa shape index (κ1) is 12.2. The SMILES string of the molecule is CC(C)c1ccc(CCN2CCCC2=O)cc1. The molecule has 0 bridgehead atoms. The van der Waals surface area contributed by atoms with Gasteiger partial charge in [0.25, 0.3) is 0 Å². The van der Waals surface area contributed by atoms with E-state index in [0.29, 0.717) is 11.8 Å². The number of carbonyl (C=O) groups is 1. The Morgan fingerprint density at radius 3 is 2.47 bits per heavy atom. The van der Waals surface area contributed by atoms with Crippen molar-refractivity contribution in [3.8, 4) is 0 Å². The van der Waals surface area contributed by atoms with Gasteiger partial charge in [-0.1, -0.05) is 38.1 Å². The maximum Gasteiger partial charge on any atom is 0.222 e. The summed E-state index contributed by atoms with van der Waals surface area (Å²) in [5.74, 6) is 0.910. The Kier molecular flexibility index (Phi) is 3.82. The average Bonchev–Trinajstić information content (AvgIpc) is 2.73. The van der Waals surface area contributed by atoms with Crippen molar-refractivity contribution in [1.82, 2.24) is 4.90 Å². The third-order valence-corrected chi connectivity index (χ3v) is 3.49. The van der Waals surface area contributed by atoms with Gasteiger partial charge in [0.05, 0.1) is 0 Å². The number of likely N-dealkylation sites (tertiary alicyclic amines) is 1. The summed E-state index contributed by atoms with van der Waals surface area (Å²) in [4.78, 5) is 13.4. The Hall–Kier alpha value is -1.31. The summed E-state index contributed by atoms with van der Waals surface area (Å²) in [7, 11) is 0. The van der Waals surface area contributed by atoms with Crippen molar-refractivity contribution in [2.45, 2.75) is 39.0 Å². The topological polar surface area (TPSA) is 20.3 Å². The van der Waals surface area contributed by atoms with Crippen LogP contribution in [0.2, 0.25) is 0 Å². The Balaban J connectivity index is 1.88. The molecular weight excluding hydrogens is 210 g/mol. The molecule has 1 amide bonds. The standard InChI is InChI=1S/C15H21NO/c1-12(2)14-7-5-13(6-8-14)9-11-16-10-3-4-15(16)17/h5-8,12H,3-4,9-11H2,1-2H3. The molecule has 1 aliphatic heterocycles. The van der Waals surface area contributed by atoms with Crippen molar-refractivity contribution >= 4 is 5.91 Å². The molecule has 1 saturated heterocycles. The first-order chi connectivity index (χ1) is 8.16. The summed E-state index contributed by atoms with van der Waals surface area (Å²) >= 11 is 0. The minimum absolute atomic E-state index is 0.323. The first-order valence-corrected chi connectivity index (χ1v) is 6.53. The van der Waals surface area contributed by atoms with Gasteiger partial charge in [0.15, 0.2) is 0 Å². The number of hydrogen-bond donors (Lipinski definition) is 0. The normalized spacial score (nSPS) is 15.9. The van der Waals surface area contributed by atoms with E-state index < -0.39 is 0 Å². The largest absolute Gasteiger partial charge is 0.342 e. The van der Waals surface area contributed by atoms with E-state index in [4.69, 9.17) is 0 Å². The van der Waals surface area contributed by atoms with E-state index in [1.54, 1.807) is 0 Å². The smallest absolute Gasteiger partial charge is 0.222 e. The lowest BCUT2D eigenvalue weighted by Gasteiger charge is -2.15. The zero-order chi connectivity index (χ0) is 12.3. The third kappa shape index (κ3) is 3.09. The van der Waals surface area contributed by atoms with E-state index in [1.807, 2.05) is 4.90 Å². The molecule has 2 nitrogen and oxygen atoms in total. The lowest BCUT2D eigenvalue weighted by atomic mass is 10.0. The van der Waals surface area contributed by atoms with Crippen LogP contribution >= 0.6 is 0 Å². The Labute approximate surface area is 104 Å². The summed E-state index contributed by atoms with van der Waals surface area (Å²) in [6, 6.07) is 8.78. The third-order valence-electron chi connectivity index (χ3n) is 3.49. The molecule has 0 radical (unpaired) electrons. The van der Waals surface area contributed by atoms with Crippen molar-refractivity contribution in [1.29, 1.82) is 0 Å². The van der Waals surface area contributed by atoms with Gasteiger partial charge in [-0.05, 0) is 29.9 Å². The van der Waals surface area contributed by atoms with Crippen LogP contribution in [0.3, 0.4) is 0 Å². The van der Waals surface area contributed by atoms with E-state index >= 15 is 0 Å². The van der Waals surface area contributed by atoms with E-state index in [1.165, 1.54) is 11.1 Å². The van der Waals surface area contributed by atoms with Crippen LogP contribution in [0.25, 0.3) is 0 Å². The van der Waals surface area contributed by atoms with E-state index in [0.717, 1.165) is 32.4 Å². The highest BCUT2D eigenvalue weighted by molar-refractivity contribution is 5.78. The molecule has 1 aliphatic rings. The molecular formula is C15H21NO. The average molecular weight is 231 g/mol. The van der Waals surface area contributed by atoms with Crippen molar-refractivity contribution in [3.63, 3.8) is 0 Å². The van der Waals surface area contributed by atoms with Crippen LogP contribution in [0.5, 0.6) is 0 Å². The summed E-state index contributed by atoms with van der Waals surface area (Å²) in [6.07, 6.45) is 2.75. The van der Waals surface area contributed by atoms with Crippen molar-refractivity contribution in [2.75, 3.05) is 13.1 Å². The molecule has 0 aliphatic carbocycles. The summed E-state index contributed by atoms with van der Waals surface area (Å²) in [6.45, 7) is 6.23. The Bertz CT molecular complexity index is 380. The van der Waals surface area contributed by atoms with Crippen LogP contribution in [-0.4, -0.2) is 23.9 Å². The Morgan fingerprint density at radius 2 is 1.94 bits per heavy atom. The first-order valence-electron chi connectivity index (χ1n) is 6.53. The maximum atomic E-state index is 11.5. The molecule has 1 fully saturated rings. The highest BCUT2D eigenvalue weighted by Crippen LogP contribution is 2.16. The van der Waals surface area contributed by atoms with Crippen molar-refractivity contribution < 1.29 is 4.79 Å². The quantitative estimate of drug-likeness (QED) is 0.780. The van der Waals surface area contributed by atoms with Crippen LogP contribution in [0.15, 0.2) is 24.3 Å². The van der Waals surface area contributed by atoms with Crippen molar-refractivity contribution in [2.24, 2.45) is 0 Å². The van der Waals surface area contributed by atoms with Gasteiger partial charge in [-0.15, -0.1) is 0 Å². The zero-order valence-corrected chi connectivity index (χ0v) is 10.8. The van der Waals surface area contributed by atoms with Gasteiger partial charge in [-0.2, -0.15) is 0 Å². The fraction of sp³-hybridized carbons (Fsp3) is 0.533. The monoisotopic (exact) mass is 231 g/mol. The predicted octanol–water partition coefficient (Wildman–Crippen LogP) is 2.97. The van der Waals surface area contributed by atoms with Gasteiger partial charge in [-0.25, -0.2) is 0 Å². The summed E-state index contributed by atoms with van der Waals surface area (Å²) < 4.78 is 0. The molecule has 1 aromatic rings. The van der Waals surface area contributed by atoms with Gasteiger partial charge in [0, 0.05) is 19.5 Å². The Morgan fingerprint density at radius 1 is 1.24 bits per heavy atom. The highest BCUT2D eigenvalue weighted by atomic mass is 16.2. The number of rotatable bonds is 4. The van der Waals surface area contributed by atoms with Crippen LogP contribution in [0, 0.1) is 0 Å². The number of benzene rings is 1. The number of carbonyl (C=O) groups excluding carboxylic acids is 1. The number of amides is 1. The molecule has 2 rings (SSSR count). The molecule has 92 valence electrons. The predicted molar refractivity (Wildman–Crippen MR) is 70.0 cm³/mol. The summed E-state index contributed by atoms with van der Waals surface area (Å²) in [5, 5.41) is 0. The number of hydrogen-bond acceptors (Lipinski definition) is 1. The van der Waals surface area contributed by atoms with Crippen LogP contribution < -0.4 is 0 Å². The lowest BCUT2D eigenvalue weighted by Crippen LogP contribution is -2.26. The molecule has 0 N–H and O–H groups in total. The molecule has 0 saturated carbocycles. The van der Waals surface area contributed by atoms with Crippen molar-refractivity contribution in [3.05, 3.63) is 35.4 Å². The van der Waals surface area contributed by atoms with E-state index in [9.17, 15) is 4.79 Å². The molecule has 2 heteroatoms. The molecule has 1 aromatic carbocycles. The molecule has 0 unspecified atom stereocenters. The fourth-order valence-corrected chi connectivity index (χ4v) is 2.27. The highest BCUT2D eigenvalue weighted by Gasteiger charge is 2.19. The van der Waals surface area contributed by atoms with Gasteiger partial charge in [-0.3, -0.25) is 4.79 Å². The van der Waals surface area contributed by atoms with Gasteiger partial charge in [0.1, 0.15) is 0 Å². The van der Waals surface area contributed by atoms with Crippen LogP contribution in [0.1, 0.15) is 43.7 Å². The summed E-state index contributed by atoms with van der Waals surface area (Å²) in [5.41, 5.74) is 2.71. The zero-order valence-electron chi connectivity index (χ0n) is 10.8. The lowest BCUT2D eigenvalue weighted by molar-refractivity contribution is -0.127. The minimum Gasteiger partial charge on any atom is -0.342 e. The van der Waals surface area contributed by atoms with E-state index in [-0.39, 0.29) is 0 Å². The van der Waals surface area contributed by atoms with Crippen LogP contribution in [0.4, 0.5) is 0 Å². The molecule has 1 heterocycles. The van der Waals surface area contributed by atoms with Gasteiger partial charge >= 0.3 is 0 Å². The molecule has 0 spiro atoms. The molecule has 17 heavy (non-hydrogen) atoms. The van der Waals surface area contributed by atoms with E-state index in [2.05, 4.69) is 38.1 Å². The molecule has 0 atom stereocenters. The number of nitrogens with zero attached hydrogens (tertiary/aromatic N) is 1. The van der Waals surface area contributed by atoms with Gasteiger partial charge < -0.3 is 4.90 Å².